The van der Waals surface area contributed by atoms with Gasteiger partial charge in [0.25, 0.3) is 0 Å². The molecule has 1 aliphatic heterocycles. The van der Waals surface area contributed by atoms with Gasteiger partial charge < -0.3 is 14.8 Å². The first-order valence-electron chi connectivity index (χ1n) is 11.7. The van der Waals surface area contributed by atoms with E-state index >= 15 is 0 Å². The quantitative estimate of drug-likeness (QED) is 0.432. The fourth-order valence-electron chi connectivity index (χ4n) is 4.40. The van der Waals surface area contributed by atoms with Crippen LogP contribution in [0.25, 0.3) is 0 Å². The maximum absolute atomic E-state index is 12.9. The van der Waals surface area contributed by atoms with Gasteiger partial charge in [-0.3, -0.25) is 4.79 Å². The lowest BCUT2D eigenvalue weighted by Gasteiger charge is -2.19. The first-order valence-corrected chi connectivity index (χ1v) is 12.5. The molecule has 0 saturated carbocycles. The Morgan fingerprint density at radius 2 is 1.79 bits per heavy atom. The Labute approximate surface area is 212 Å². The highest BCUT2D eigenvalue weighted by atomic mass is 35.5. The van der Waals surface area contributed by atoms with Crippen molar-refractivity contribution in [3.05, 3.63) is 87.4 Å². The maximum Gasteiger partial charge on any atom is 0.240 e. The topological polar surface area (TPSA) is 50.2 Å². The summed E-state index contributed by atoms with van der Waals surface area (Å²) in [6, 6.07) is 14.1. The zero-order valence-corrected chi connectivity index (χ0v) is 21.5. The van der Waals surface area contributed by atoms with E-state index in [2.05, 4.69) is 59.9 Å². The minimum absolute atomic E-state index is 0.0940. The van der Waals surface area contributed by atoms with Gasteiger partial charge >= 0.3 is 0 Å². The standard InChI is InChI=1S/C27H32Cl2N4O/c1-27(2,3)13-19-7-9-20(10-8-19)16-33-18-30-14-22(33)15-31-24-11-12-32(26(24)34)17-21-5-4-6-23(28)25(21)29/h4-10,14,18,24,31H,11-13,15-17H2,1-3H3. The third kappa shape index (κ3) is 6.21. The van der Waals surface area contributed by atoms with E-state index in [0.29, 0.717) is 29.7 Å². The van der Waals surface area contributed by atoms with Gasteiger partial charge in [-0.25, -0.2) is 4.98 Å². The Morgan fingerprint density at radius 3 is 2.53 bits per heavy atom. The molecule has 0 radical (unpaired) electrons. The molecule has 1 amide bonds. The highest BCUT2D eigenvalue weighted by molar-refractivity contribution is 6.42. The summed E-state index contributed by atoms with van der Waals surface area (Å²) in [7, 11) is 0. The number of hydrogen-bond donors (Lipinski definition) is 1. The van der Waals surface area contributed by atoms with E-state index in [1.165, 1.54) is 11.1 Å². The van der Waals surface area contributed by atoms with Gasteiger partial charge in [0.15, 0.2) is 0 Å². The lowest BCUT2D eigenvalue weighted by molar-refractivity contribution is -0.129. The molecule has 5 nitrogen and oxygen atoms in total. The van der Waals surface area contributed by atoms with Crippen molar-refractivity contribution < 1.29 is 4.79 Å². The van der Waals surface area contributed by atoms with Crippen LogP contribution in [0.4, 0.5) is 0 Å². The first kappa shape index (κ1) is 24.8. The van der Waals surface area contributed by atoms with E-state index in [9.17, 15) is 4.79 Å². The summed E-state index contributed by atoms with van der Waals surface area (Å²) in [5, 5.41) is 4.45. The lowest BCUT2D eigenvalue weighted by Crippen LogP contribution is -2.38. The summed E-state index contributed by atoms with van der Waals surface area (Å²) in [5.74, 6) is 0.0940. The van der Waals surface area contributed by atoms with Gasteiger partial charge in [-0.1, -0.05) is 80.4 Å². The fourth-order valence-corrected chi connectivity index (χ4v) is 4.78. The number of benzene rings is 2. The van der Waals surface area contributed by atoms with Crippen molar-refractivity contribution in [1.29, 1.82) is 0 Å². The summed E-state index contributed by atoms with van der Waals surface area (Å²) in [5.41, 5.74) is 4.79. The van der Waals surface area contributed by atoms with Crippen LogP contribution in [0.2, 0.25) is 10.0 Å². The summed E-state index contributed by atoms with van der Waals surface area (Å²) < 4.78 is 2.13. The highest BCUT2D eigenvalue weighted by Crippen LogP contribution is 2.28. The van der Waals surface area contributed by atoms with Crippen molar-refractivity contribution in [1.82, 2.24) is 19.8 Å². The second-order valence-electron chi connectivity index (χ2n) is 10.3. The molecule has 180 valence electrons. The number of likely N-dealkylation sites (tertiary alicyclic amines) is 1. The molecule has 2 aromatic carbocycles. The minimum Gasteiger partial charge on any atom is -0.337 e. The van der Waals surface area contributed by atoms with Crippen molar-refractivity contribution in [2.75, 3.05) is 6.54 Å². The number of imidazole rings is 1. The maximum atomic E-state index is 12.9. The molecule has 1 fully saturated rings. The van der Waals surface area contributed by atoms with Crippen molar-refractivity contribution in [3.8, 4) is 0 Å². The average Bonchev–Trinajstić information content (AvgIpc) is 3.36. The molecule has 1 aromatic heterocycles. The van der Waals surface area contributed by atoms with Crippen LogP contribution in [0.3, 0.4) is 0 Å². The van der Waals surface area contributed by atoms with Crippen LogP contribution in [0.15, 0.2) is 55.0 Å². The molecule has 1 atom stereocenters. The molecule has 1 unspecified atom stereocenters. The highest BCUT2D eigenvalue weighted by Gasteiger charge is 2.31. The molecule has 1 N–H and O–H groups in total. The van der Waals surface area contributed by atoms with Crippen molar-refractivity contribution >= 4 is 29.1 Å². The number of rotatable bonds is 8. The van der Waals surface area contributed by atoms with Gasteiger partial charge in [0.2, 0.25) is 5.91 Å². The van der Waals surface area contributed by atoms with E-state index in [1.54, 1.807) is 6.07 Å². The minimum atomic E-state index is -0.210. The van der Waals surface area contributed by atoms with Gasteiger partial charge in [0, 0.05) is 32.4 Å². The SMILES string of the molecule is CC(C)(C)Cc1ccc(Cn2cncc2CNC2CCN(Cc3cccc(Cl)c3Cl)C2=O)cc1. The molecular formula is C27H32Cl2N4O. The van der Waals surface area contributed by atoms with Crippen molar-refractivity contribution in [3.63, 3.8) is 0 Å². The zero-order chi connectivity index (χ0) is 24.3. The van der Waals surface area contributed by atoms with Crippen LogP contribution in [0.1, 0.15) is 49.6 Å². The number of halogens is 2. The van der Waals surface area contributed by atoms with Gasteiger partial charge in [0.1, 0.15) is 0 Å². The third-order valence-electron chi connectivity index (χ3n) is 6.13. The molecule has 2 heterocycles. The summed E-state index contributed by atoms with van der Waals surface area (Å²) in [6.45, 7) is 9.28. The number of hydrogen-bond acceptors (Lipinski definition) is 3. The molecule has 7 heteroatoms. The predicted molar refractivity (Wildman–Crippen MR) is 138 cm³/mol. The fraction of sp³-hybridized carbons (Fsp3) is 0.407. The molecule has 3 aromatic rings. The largest absolute Gasteiger partial charge is 0.337 e. The average molecular weight is 499 g/mol. The molecule has 1 saturated heterocycles. The lowest BCUT2D eigenvalue weighted by atomic mass is 9.88. The molecule has 0 aliphatic carbocycles. The Morgan fingerprint density at radius 1 is 1.06 bits per heavy atom. The van der Waals surface area contributed by atoms with Crippen LogP contribution in [-0.2, 0) is 30.8 Å². The van der Waals surface area contributed by atoms with Gasteiger partial charge in [-0.2, -0.15) is 0 Å². The number of carbonyl (C=O) groups is 1. The number of nitrogens with zero attached hydrogens (tertiary/aromatic N) is 3. The van der Waals surface area contributed by atoms with Gasteiger partial charge in [0.05, 0.1) is 28.1 Å². The van der Waals surface area contributed by atoms with Gasteiger partial charge in [-0.05, 0) is 41.0 Å². The molecule has 1 aliphatic rings. The summed E-state index contributed by atoms with van der Waals surface area (Å²) >= 11 is 12.4. The Hall–Kier alpha value is -2.34. The smallest absolute Gasteiger partial charge is 0.240 e. The summed E-state index contributed by atoms with van der Waals surface area (Å²) in [4.78, 5) is 19.1. The number of nitrogens with one attached hydrogen (secondary N) is 1. The van der Waals surface area contributed by atoms with Crippen molar-refractivity contribution in [2.45, 2.75) is 59.3 Å². The predicted octanol–water partition coefficient (Wildman–Crippen LogP) is 5.72. The Kier molecular flexibility index (Phi) is 7.66. The Balaban J connectivity index is 1.32. The molecule has 0 spiro atoms. The second-order valence-corrected chi connectivity index (χ2v) is 11.0. The number of carbonyl (C=O) groups excluding carboxylic acids is 1. The normalized spacial score (nSPS) is 16.4. The molecule has 4 rings (SSSR count). The van der Waals surface area contributed by atoms with Crippen molar-refractivity contribution in [2.24, 2.45) is 5.41 Å². The number of aromatic nitrogens is 2. The monoisotopic (exact) mass is 498 g/mol. The van der Waals surface area contributed by atoms with Gasteiger partial charge in [-0.15, -0.1) is 0 Å². The second kappa shape index (κ2) is 10.5. The molecule has 34 heavy (non-hydrogen) atoms. The number of amides is 1. The van der Waals surface area contributed by atoms with E-state index in [-0.39, 0.29) is 17.4 Å². The van der Waals surface area contributed by atoms with Crippen LogP contribution in [0.5, 0.6) is 0 Å². The Bertz CT molecular complexity index is 1130. The zero-order valence-electron chi connectivity index (χ0n) is 20.0. The van der Waals surface area contributed by atoms with Crippen LogP contribution < -0.4 is 5.32 Å². The molecular weight excluding hydrogens is 467 g/mol. The van der Waals surface area contributed by atoms with Crippen LogP contribution in [-0.4, -0.2) is 32.9 Å². The van der Waals surface area contributed by atoms with Crippen LogP contribution >= 0.6 is 23.2 Å². The van der Waals surface area contributed by atoms with E-state index in [1.807, 2.05) is 29.6 Å². The summed E-state index contributed by atoms with van der Waals surface area (Å²) in [6.07, 6.45) is 5.54. The van der Waals surface area contributed by atoms with E-state index in [0.717, 1.165) is 30.6 Å². The van der Waals surface area contributed by atoms with E-state index in [4.69, 9.17) is 23.2 Å². The third-order valence-corrected chi connectivity index (χ3v) is 6.99. The van der Waals surface area contributed by atoms with E-state index < -0.39 is 0 Å². The molecule has 0 bridgehead atoms. The van der Waals surface area contributed by atoms with Crippen LogP contribution in [0, 0.1) is 5.41 Å². The first-order chi connectivity index (χ1) is 16.2.